The van der Waals surface area contributed by atoms with Crippen LogP contribution in [-0.2, 0) is 0 Å². The molecular weight excluding hydrogens is 256 g/mol. The molecule has 2 rings (SSSR count). The summed E-state index contributed by atoms with van der Waals surface area (Å²) in [6, 6.07) is 7.80. The van der Waals surface area contributed by atoms with Crippen LogP contribution in [0.3, 0.4) is 0 Å². The van der Waals surface area contributed by atoms with Crippen molar-refractivity contribution in [2.24, 2.45) is 0 Å². The van der Waals surface area contributed by atoms with Crippen molar-refractivity contribution in [1.82, 2.24) is 20.3 Å². The fourth-order valence-corrected chi connectivity index (χ4v) is 1.79. The summed E-state index contributed by atoms with van der Waals surface area (Å²) >= 11 is 0. The Morgan fingerprint density at radius 2 is 2.00 bits per heavy atom. The lowest BCUT2D eigenvalue weighted by atomic mass is 10.2. The van der Waals surface area contributed by atoms with Gasteiger partial charge in [0.2, 0.25) is 0 Å². The molecule has 0 saturated heterocycles. The summed E-state index contributed by atoms with van der Waals surface area (Å²) in [5.41, 5.74) is 2.94. The summed E-state index contributed by atoms with van der Waals surface area (Å²) in [5.74, 6) is -0.332. The highest BCUT2D eigenvalue weighted by molar-refractivity contribution is 5.93. The van der Waals surface area contributed by atoms with Crippen molar-refractivity contribution in [2.45, 2.75) is 26.9 Å². The van der Waals surface area contributed by atoms with Crippen LogP contribution < -0.4 is 5.32 Å². The van der Waals surface area contributed by atoms with E-state index in [2.05, 4.69) is 15.6 Å². The van der Waals surface area contributed by atoms with Gasteiger partial charge in [0.15, 0.2) is 5.69 Å². The molecule has 0 aliphatic heterocycles. The van der Waals surface area contributed by atoms with Crippen molar-refractivity contribution in [1.29, 1.82) is 0 Å². The van der Waals surface area contributed by atoms with E-state index in [1.807, 2.05) is 31.2 Å². The first-order valence-electron chi connectivity index (χ1n) is 6.44. The van der Waals surface area contributed by atoms with Crippen LogP contribution >= 0.6 is 0 Å². The molecule has 0 aliphatic carbocycles. The minimum Gasteiger partial charge on any atom is -0.392 e. The van der Waals surface area contributed by atoms with Crippen molar-refractivity contribution in [3.8, 4) is 5.69 Å². The quantitative estimate of drug-likeness (QED) is 0.871. The maximum atomic E-state index is 11.9. The Labute approximate surface area is 117 Å². The number of amides is 1. The monoisotopic (exact) mass is 274 g/mol. The molecule has 0 bridgehead atoms. The second kappa shape index (κ2) is 5.83. The van der Waals surface area contributed by atoms with Crippen LogP contribution in [-0.4, -0.2) is 38.7 Å². The van der Waals surface area contributed by atoms with E-state index in [0.29, 0.717) is 5.69 Å². The predicted octanol–water partition coefficient (Wildman–Crippen LogP) is 0.995. The summed E-state index contributed by atoms with van der Waals surface area (Å²) < 4.78 is 1.62. The third-order valence-electron chi connectivity index (χ3n) is 2.95. The number of aryl methyl sites for hydroxylation is 1. The van der Waals surface area contributed by atoms with Crippen molar-refractivity contribution >= 4 is 5.91 Å². The van der Waals surface area contributed by atoms with E-state index in [0.717, 1.165) is 11.3 Å². The Kier molecular flexibility index (Phi) is 4.14. The molecule has 106 valence electrons. The van der Waals surface area contributed by atoms with E-state index >= 15 is 0 Å². The Bertz CT molecular complexity index is 602. The van der Waals surface area contributed by atoms with Gasteiger partial charge >= 0.3 is 0 Å². The average Bonchev–Trinajstić information content (AvgIpc) is 2.79. The highest BCUT2D eigenvalue weighted by Crippen LogP contribution is 2.12. The molecule has 0 aliphatic rings. The van der Waals surface area contributed by atoms with Crippen LogP contribution in [0.5, 0.6) is 0 Å². The van der Waals surface area contributed by atoms with Gasteiger partial charge in [-0.1, -0.05) is 22.9 Å². The molecule has 0 spiro atoms. The van der Waals surface area contributed by atoms with Gasteiger partial charge < -0.3 is 10.4 Å². The maximum Gasteiger partial charge on any atom is 0.273 e. The molecular formula is C14H18N4O2. The normalized spacial score (nSPS) is 12.2. The van der Waals surface area contributed by atoms with Gasteiger partial charge in [-0.05, 0) is 32.9 Å². The van der Waals surface area contributed by atoms with Crippen LogP contribution in [0.2, 0.25) is 0 Å². The molecule has 1 aromatic carbocycles. The topological polar surface area (TPSA) is 80.0 Å². The van der Waals surface area contributed by atoms with Gasteiger partial charge in [0.1, 0.15) is 0 Å². The average molecular weight is 274 g/mol. The number of aliphatic hydroxyl groups is 1. The zero-order chi connectivity index (χ0) is 14.7. The highest BCUT2D eigenvalue weighted by Gasteiger charge is 2.17. The summed E-state index contributed by atoms with van der Waals surface area (Å²) in [7, 11) is 0. The molecule has 1 heterocycles. The lowest BCUT2D eigenvalue weighted by Crippen LogP contribution is -2.31. The van der Waals surface area contributed by atoms with Gasteiger partial charge in [-0.25, -0.2) is 4.68 Å². The van der Waals surface area contributed by atoms with Crippen molar-refractivity contribution in [3.05, 3.63) is 41.2 Å². The first kappa shape index (κ1) is 14.2. The lowest BCUT2D eigenvalue weighted by Gasteiger charge is -2.06. The Morgan fingerprint density at radius 3 is 2.60 bits per heavy atom. The largest absolute Gasteiger partial charge is 0.392 e. The SMILES string of the molecule is Cc1ccc(-n2nnc(C(=O)NCC(C)O)c2C)cc1. The summed E-state index contributed by atoms with van der Waals surface area (Å²) in [5, 5.41) is 19.7. The van der Waals surface area contributed by atoms with Gasteiger partial charge in [0.05, 0.1) is 17.5 Å². The number of aliphatic hydroxyl groups excluding tert-OH is 1. The molecule has 20 heavy (non-hydrogen) atoms. The number of nitrogens with zero attached hydrogens (tertiary/aromatic N) is 3. The number of benzene rings is 1. The smallest absolute Gasteiger partial charge is 0.273 e. The summed E-state index contributed by atoms with van der Waals surface area (Å²) in [6.45, 7) is 5.59. The fourth-order valence-electron chi connectivity index (χ4n) is 1.79. The molecule has 0 radical (unpaired) electrons. The van der Waals surface area contributed by atoms with Crippen LogP contribution in [0.15, 0.2) is 24.3 Å². The van der Waals surface area contributed by atoms with E-state index in [1.165, 1.54) is 0 Å². The minimum absolute atomic E-state index is 0.190. The van der Waals surface area contributed by atoms with Gasteiger partial charge in [-0.15, -0.1) is 5.10 Å². The highest BCUT2D eigenvalue weighted by atomic mass is 16.3. The third-order valence-corrected chi connectivity index (χ3v) is 2.95. The van der Waals surface area contributed by atoms with E-state index in [9.17, 15) is 9.90 Å². The molecule has 0 saturated carbocycles. The number of hydrogen-bond acceptors (Lipinski definition) is 4. The number of aromatic nitrogens is 3. The molecule has 1 atom stereocenters. The Morgan fingerprint density at radius 1 is 1.35 bits per heavy atom. The molecule has 2 N–H and O–H groups in total. The Hall–Kier alpha value is -2.21. The van der Waals surface area contributed by atoms with E-state index in [-0.39, 0.29) is 18.1 Å². The molecule has 1 aromatic heterocycles. The first-order chi connectivity index (χ1) is 9.49. The van der Waals surface area contributed by atoms with Gasteiger partial charge in [0.25, 0.3) is 5.91 Å². The molecule has 6 heteroatoms. The Balaban J connectivity index is 2.22. The van der Waals surface area contributed by atoms with Gasteiger partial charge in [-0.2, -0.15) is 0 Å². The number of carbonyl (C=O) groups is 1. The third kappa shape index (κ3) is 3.03. The van der Waals surface area contributed by atoms with E-state index in [1.54, 1.807) is 18.5 Å². The van der Waals surface area contributed by atoms with E-state index < -0.39 is 6.10 Å². The fraction of sp³-hybridized carbons (Fsp3) is 0.357. The number of hydrogen-bond donors (Lipinski definition) is 2. The molecule has 0 fully saturated rings. The van der Waals surface area contributed by atoms with Crippen LogP contribution in [0, 0.1) is 13.8 Å². The van der Waals surface area contributed by atoms with Crippen LogP contribution in [0.1, 0.15) is 28.7 Å². The van der Waals surface area contributed by atoms with Gasteiger partial charge in [0, 0.05) is 6.54 Å². The first-order valence-corrected chi connectivity index (χ1v) is 6.44. The van der Waals surface area contributed by atoms with E-state index in [4.69, 9.17) is 0 Å². The van der Waals surface area contributed by atoms with Crippen molar-refractivity contribution < 1.29 is 9.90 Å². The van der Waals surface area contributed by atoms with Crippen molar-refractivity contribution in [2.75, 3.05) is 6.54 Å². The number of nitrogens with one attached hydrogen (secondary N) is 1. The second-order valence-electron chi connectivity index (χ2n) is 4.83. The molecule has 1 unspecified atom stereocenters. The lowest BCUT2D eigenvalue weighted by molar-refractivity contribution is 0.0918. The molecule has 2 aromatic rings. The maximum absolute atomic E-state index is 11.9. The summed E-state index contributed by atoms with van der Waals surface area (Å²) in [6.07, 6.45) is -0.591. The van der Waals surface area contributed by atoms with Crippen LogP contribution in [0.4, 0.5) is 0 Å². The van der Waals surface area contributed by atoms with Crippen molar-refractivity contribution in [3.63, 3.8) is 0 Å². The minimum atomic E-state index is -0.591. The van der Waals surface area contributed by atoms with Crippen LogP contribution in [0.25, 0.3) is 5.69 Å². The molecule has 1 amide bonds. The zero-order valence-corrected chi connectivity index (χ0v) is 11.8. The number of rotatable bonds is 4. The summed E-state index contributed by atoms with van der Waals surface area (Å²) in [4.78, 5) is 11.9. The zero-order valence-electron chi connectivity index (χ0n) is 11.8. The second-order valence-corrected chi connectivity index (χ2v) is 4.83. The van der Waals surface area contributed by atoms with Gasteiger partial charge in [-0.3, -0.25) is 4.79 Å². The molecule has 6 nitrogen and oxygen atoms in total. The predicted molar refractivity (Wildman–Crippen MR) is 74.8 cm³/mol. The standard InChI is InChI=1S/C14H18N4O2/c1-9-4-6-12(7-5-9)18-11(3)13(16-17-18)14(20)15-8-10(2)19/h4-7,10,19H,8H2,1-3H3,(H,15,20). The number of carbonyl (C=O) groups excluding carboxylic acids is 1.